The molecule has 0 radical (unpaired) electrons. The summed E-state index contributed by atoms with van der Waals surface area (Å²) < 4.78 is 6.07. The molecule has 110 valence electrons. The van der Waals surface area contributed by atoms with E-state index < -0.39 is 0 Å². The van der Waals surface area contributed by atoms with Crippen LogP contribution < -0.4 is 5.73 Å². The molecule has 0 aromatic heterocycles. The van der Waals surface area contributed by atoms with Crippen molar-refractivity contribution in [1.82, 2.24) is 4.90 Å². The van der Waals surface area contributed by atoms with Gasteiger partial charge in [-0.15, -0.1) is 0 Å². The molecule has 0 amide bonds. The lowest BCUT2D eigenvalue weighted by molar-refractivity contribution is -0.0320. The second kappa shape index (κ2) is 6.70. The van der Waals surface area contributed by atoms with E-state index in [4.69, 9.17) is 10.5 Å². The van der Waals surface area contributed by atoms with Gasteiger partial charge in [0, 0.05) is 19.1 Å². The van der Waals surface area contributed by atoms with Crippen molar-refractivity contribution in [3.8, 4) is 0 Å². The molecule has 2 aliphatic rings. The van der Waals surface area contributed by atoms with Crippen LogP contribution in [0.3, 0.4) is 0 Å². The van der Waals surface area contributed by atoms with E-state index in [2.05, 4.69) is 35.2 Å². The van der Waals surface area contributed by atoms with E-state index in [0.717, 1.165) is 32.2 Å². The van der Waals surface area contributed by atoms with Crippen molar-refractivity contribution in [2.24, 2.45) is 5.73 Å². The SMILES string of the molecule is NC1CCN(CO[C@H]2CC[C@@H](c3ccccc3)CC2)C1. The first-order valence-electron chi connectivity index (χ1n) is 7.96. The van der Waals surface area contributed by atoms with Crippen LogP contribution in [0, 0.1) is 0 Å². The normalized spacial score (nSPS) is 31.6. The average Bonchev–Trinajstić information content (AvgIpc) is 2.92. The number of likely N-dealkylation sites (tertiary alicyclic amines) is 1. The van der Waals surface area contributed by atoms with Gasteiger partial charge in [-0.3, -0.25) is 4.90 Å². The summed E-state index contributed by atoms with van der Waals surface area (Å²) >= 11 is 0. The van der Waals surface area contributed by atoms with Gasteiger partial charge in [-0.05, 0) is 43.6 Å². The minimum Gasteiger partial charge on any atom is -0.363 e. The third-order valence-corrected chi connectivity index (χ3v) is 4.75. The fourth-order valence-electron chi connectivity index (χ4n) is 3.48. The molecule has 1 heterocycles. The third-order valence-electron chi connectivity index (χ3n) is 4.75. The van der Waals surface area contributed by atoms with Crippen molar-refractivity contribution >= 4 is 0 Å². The lowest BCUT2D eigenvalue weighted by Gasteiger charge is -2.30. The molecule has 2 N–H and O–H groups in total. The highest BCUT2D eigenvalue weighted by molar-refractivity contribution is 5.19. The Morgan fingerprint density at radius 3 is 2.45 bits per heavy atom. The number of benzene rings is 1. The summed E-state index contributed by atoms with van der Waals surface area (Å²) in [6.45, 7) is 2.87. The maximum absolute atomic E-state index is 6.07. The molecule has 1 saturated heterocycles. The van der Waals surface area contributed by atoms with E-state index in [1.165, 1.54) is 31.2 Å². The zero-order valence-electron chi connectivity index (χ0n) is 12.2. The molecule has 20 heavy (non-hydrogen) atoms. The highest BCUT2D eigenvalue weighted by atomic mass is 16.5. The Kier molecular flexibility index (Phi) is 4.71. The molecule has 1 saturated carbocycles. The Morgan fingerprint density at radius 1 is 1.05 bits per heavy atom. The van der Waals surface area contributed by atoms with E-state index in [9.17, 15) is 0 Å². The standard InChI is InChI=1S/C17H26N2O/c18-16-10-11-19(12-16)13-20-17-8-6-15(7-9-17)14-4-2-1-3-5-14/h1-5,15-17H,6-13,18H2/t15-,16?,17+. The monoisotopic (exact) mass is 274 g/mol. The number of hydrogen-bond donors (Lipinski definition) is 1. The van der Waals surface area contributed by atoms with Gasteiger partial charge < -0.3 is 10.5 Å². The van der Waals surface area contributed by atoms with Gasteiger partial charge in [0.25, 0.3) is 0 Å². The smallest absolute Gasteiger partial charge is 0.0994 e. The van der Waals surface area contributed by atoms with Gasteiger partial charge in [-0.25, -0.2) is 0 Å². The summed E-state index contributed by atoms with van der Waals surface area (Å²) in [7, 11) is 0. The van der Waals surface area contributed by atoms with Crippen LogP contribution in [0.5, 0.6) is 0 Å². The van der Waals surface area contributed by atoms with Crippen LogP contribution in [0.15, 0.2) is 30.3 Å². The molecule has 1 aromatic rings. The molecular weight excluding hydrogens is 248 g/mol. The van der Waals surface area contributed by atoms with Crippen molar-refractivity contribution < 1.29 is 4.74 Å². The highest BCUT2D eigenvalue weighted by Crippen LogP contribution is 2.33. The number of nitrogens with two attached hydrogens (primary N) is 1. The number of ether oxygens (including phenoxy) is 1. The summed E-state index contributed by atoms with van der Waals surface area (Å²) in [5.41, 5.74) is 7.42. The Hall–Kier alpha value is -0.900. The molecule has 2 fully saturated rings. The van der Waals surface area contributed by atoms with Gasteiger partial charge in [0.1, 0.15) is 0 Å². The van der Waals surface area contributed by atoms with Gasteiger partial charge in [0.05, 0.1) is 12.8 Å². The van der Waals surface area contributed by atoms with Crippen LogP contribution in [-0.2, 0) is 4.74 Å². The van der Waals surface area contributed by atoms with Crippen LogP contribution in [0.1, 0.15) is 43.6 Å². The van der Waals surface area contributed by atoms with E-state index in [1.807, 2.05) is 0 Å². The molecule has 1 aliphatic heterocycles. The van der Waals surface area contributed by atoms with Crippen LogP contribution in [0.25, 0.3) is 0 Å². The molecule has 3 nitrogen and oxygen atoms in total. The van der Waals surface area contributed by atoms with Gasteiger partial charge in [-0.1, -0.05) is 30.3 Å². The first kappa shape index (κ1) is 14.1. The average molecular weight is 274 g/mol. The van der Waals surface area contributed by atoms with Crippen molar-refractivity contribution in [2.75, 3.05) is 19.8 Å². The summed E-state index contributed by atoms with van der Waals surface area (Å²) in [5, 5.41) is 0. The Balaban J connectivity index is 1.40. The Bertz CT molecular complexity index is 401. The Labute approximate surface area is 122 Å². The number of hydrogen-bond acceptors (Lipinski definition) is 3. The first-order chi connectivity index (χ1) is 9.81. The lowest BCUT2D eigenvalue weighted by atomic mass is 9.83. The zero-order chi connectivity index (χ0) is 13.8. The van der Waals surface area contributed by atoms with E-state index in [-0.39, 0.29) is 0 Å². The number of rotatable bonds is 4. The minimum atomic E-state index is 0.354. The molecule has 1 atom stereocenters. The summed E-state index contributed by atoms with van der Waals surface area (Å²) in [6, 6.07) is 11.3. The predicted octanol–water partition coefficient (Wildman–Crippen LogP) is 2.72. The van der Waals surface area contributed by atoms with Crippen LogP contribution in [-0.4, -0.2) is 36.9 Å². The molecule has 0 bridgehead atoms. The molecule has 0 spiro atoms. The van der Waals surface area contributed by atoms with E-state index in [1.54, 1.807) is 0 Å². The quantitative estimate of drug-likeness (QED) is 0.917. The molecule has 1 unspecified atom stereocenters. The predicted molar refractivity (Wildman–Crippen MR) is 81.6 cm³/mol. The van der Waals surface area contributed by atoms with Gasteiger partial charge in [-0.2, -0.15) is 0 Å². The van der Waals surface area contributed by atoms with Crippen LogP contribution in [0.4, 0.5) is 0 Å². The lowest BCUT2D eigenvalue weighted by Crippen LogP contribution is -2.31. The number of nitrogens with zero attached hydrogens (tertiary/aromatic N) is 1. The zero-order valence-corrected chi connectivity index (χ0v) is 12.2. The minimum absolute atomic E-state index is 0.354. The fourth-order valence-corrected chi connectivity index (χ4v) is 3.48. The summed E-state index contributed by atoms with van der Waals surface area (Å²) in [5.74, 6) is 0.733. The molecule has 3 rings (SSSR count). The molecular formula is C17H26N2O. The van der Waals surface area contributed by atoms with Gasteiger partial charge in [0.2, 0.25) is 0 Å². The maximum Gasteiger partial charge on any atom is 0.0994 e. The topological polar surface area (TPSA) is 38.5 Å². The van der Waals surface area contributed by atoms with Crippen molar-refractivity contribution in [3.63, 3.8) is 0 Å². The van der Waals surface area contributed by atoms with Crippen LogP contribution >= 0.6 is 0 Å². The van der Waals surface area contributed by atoms with Crippen molar-refractivity contribution in [2.45, 2.75) is 50.2 Å². The van der Waals surface area contributed by atoms with Crippen LogP contribution in [0.2, 0.25) is 0 Å². The van der Waals surface area contributed by atoms with E-state index >= 15 is 0 Å². The van der Waals surface area contributed by atoms with Crippen molar-refractivity contribution in [1.29, 1.82) is 0 Å². The van der Waals surface area contributed by atoms with Crippen molar-refractivity contribution in [3.05, 3.63) is 35.9 Å². The second-order valence-electron chi connectivity index (χ2n) is 6.31. The molecule has 1 aliphatic carbocycles. The summed E-state index contributed by atoms with van der Waals surface area (Å²) in [6.07, 6.45) is 6.47. The molecule has 3 heteroatoms. The Morgan fingerprint density at radius 2 is 1.80 bits per heavy atom. The maximum atomic E-state index is 6.07. The summed E-state index contributed by atoms with van der Waals surface area (Å²) in [4.78, 5) is 2.34. The second-order valence-corrected chi connectivity index (χ2v) is 6.31. The van der Waals surface area contributed by atoms with Gasteiger partial charge >= 0.3 is 0 Å². The van der Waals surface area contributed by atoms with E-state index in [0.29, 0.717) is 12.1 Å². The fraction of sp³-hybridized carbons (Fsp3) is 0.647. The van der Waals surface area contributed by atoms with Gasteiger partial charge in [0.15, 0.2) is 0 Å². The largest absolute Gasteiger partial charge is 0.363 e. The molecule has 1 aromatic carbocycles. The first-order valence-corrected chi connectivity index (χ1v) is 7.96. The highest BCUT2D eigenvalue weighted by Gasteiger charge is 2.24. The third kappa shape index (κ3) is 3.60.